The maximum Gasteiger partial charge on any atom is 0.437 e. The Morgan fingerprint density at radius 2 is 2.24 bits per heavy atom. The number of ether oxygens (including phenoxy) is 1. The average molecular weight is 235 g/mol. The minimum atomic E-state index is -0.469. The molecule has 0 aliphatic heterocycles. The van der Waals surface area contributed by atoms with Crippen LogP contribution in [0.5, 0.6) is 5.88 Å². The minimum Gasteiger partial charge on any atom is -0.476 e. The summed E-state index contributed by atoms with van der Waals surface area (Å²) in [6.45, 7) is 4.24. The highest BCUT2D eigenvalue weighted by molar-refractivity contribution is 5.16. The van der Waals surface area contributed by atoms with Crippen molar-refractivity contribution in [2.24, 2.45) is 0 Å². The van der Waals surface area contributed by atoms with Crippen molar-refractivity contribution in [2.45, 2.75) is 20.4 Å². The quantitative estimate of drug-likeness (QED) is 0.788. The zero-order valence-electron chi connectivity index (χ0n) is 9.71. The second-order valence-corrected chi connectivity index (χ2v) is 3.63. The van der Waals surface area contributed by atoms with E-state index >= 15 is 0 Å². The fourth-order valence-corrected chi connectivity index (χ4v) is 1.33. The molecule has 2 aromatic rings. The second-order valence-electron chi connectivity index (χ2n) is 3.63. The number of hydrogen-bond donors (Lipinski definition) is 0. The molecule has 0 unspecified atom stereocenters. The molecule has 2 aromatic heterocycles. The third-order valence-electron chi connectivity index (χ3n) is 2.14. The summed E-state index contributed by atoms with van der Waals surface area (Å²) in [6.07, 6.45) is 1.72. The molecule has 0 atom stereocenters. The number of aromatic nitrogens is 3. The summed E-state index contributed by atoms with van der Waals surface area (Å²) in [5.41, 5.74) is 1.07. The molecule has 0 spiro atoms. The van der Waals surface area contributed by atoms with Crippen LogP contribution in [-0.4, -0.2) is 21.4 Å². The first kappa shape index (κ1) is 11.4. The Hall–Kier alpha value is -2.11. The predicted molar refractivity (Wildman–Crippen MR) is 60.0 cm³/mol. The van der Waals surface area contributed by atoms with Crippen LogP contribution in [0.3, 0.4) is 0 Å². The lowest BCUT2D eigenvalue weighted by atomic mass is 10.3. The number of nitrogens with zero attached hydrogens (tertiary/aromatic N) is 3. The molecular weight excluding hydrogens is 222 g/mol. The van der Waals surface area contributed by atoms with Gasteiger partial charge in [0.1, 0.15) is 6.61 Å². The van der Waals surface area contributed by atoms with Crippen LogP contribution in [-0.2, 0) is 6.54 Å². The lowest BCUT2D eigenvalue weighted by Crippen LogP contribution is -2.20. The maximum atomic E-state index is 11.2. The Kier molecular flexibility index (Phi) is 3.22. The van der Waals surface area contributed by atoms with Gasteiger partial charge in [0.2, 0.25) is 11.8 Å². The summed E-state index contributed by atoms with van der Waals surface area (Å²) < 4.78 is 11.4. The number of pyridine rings is 1. The second kappa shape index (κ2) is 4.82. The van der Waals surface area contributed by atoms with Crippen molar-refractivity contribution in [1.29, 1.82) is 0 Å². The zero-order valence-corrected chi connectivity index (χ0v) is 9.71. The average Bonchev–Trinajstić information content (AvgIpc) is 2.60. The van der Waals surface area contributed by atoms with Crippen LogP contribution in [0.25, 0.3) is 0 Å². The van der Waals surface area contributed by atoms with Crippen molar-refractivity contribution in [3.63, 3.8) is 0 Å². The van der Waals surface area contributed by atoms with Crippen molar-refractivity contribution in [3.8, 4) is 5.88 Å². The molecule has 0 saturated heterocycles. The Bertz CT molecular complexity index is 542. The van der Waals surface area contributed by atoms with Crippen LogP contribution in [0.2, 0.25) is 0 Å². The third-order valence-corrected chi connectivity index (χ3v) is 2.14. The monoisotopic (exact) mass is 235 g/mol. The summed E-state index contributed by atoms with van der Waals surface area (Å²) in [6, 6.07) is 3.70. The Morgan fingerprint density at radius 3 is 2.82 bits per heavy atom. The summed E-state index contributed by atoms with van der Waals surface area (Å²) in [5, 5.41) is 3.89. The molecule has 2 heterocycles. The highest BCUT2D eigenvalue weighted by Gasteiger charge is 2.03. The van der Waals surface area contributed by atoms with Crippen molar-refractivity contribution >= 4 is 0 Å². The number of hydrogen-bond acceptors (Lipinski definition) is 5. The molecule has 17 heavy (non-hydrogen) atoms. The smallest absolute Gasteiger partial charge is 0.437 e. The molecule has 0 fully saturated rings. The SMILES string of the molecule is Cc1ccc(OCCn2nc(C)oc2=O)nc1. The van der Waals surface area contributed by atoms with Gasteiger partial charge in [-0.2, -0.15) is 4.68 Å². The van der Waals surface area contributed by atoms with E-state index in [1.165, 1.54) is 4.68 Å². The zero-order chi connectivity index (χ0) is 12.3. The predicted octanol–water partition coefficient (Wildman–Crippen LogP) is 0.927. The molecule has 6 nitrogen and oxygen atoms in total. The van der Waals surface area contributed by atoms with Crippen molar-refractivity contribution in [3.05, 3.63) is 40.3 Å². The Morgan fingerprint density at radius 1 is 1.41 bits per heavy atom. The molecule has 6 heteroatoms. The molecule has 0 bridgehead atoms. The van der Waals surface area contributed by atoms with Gasteiger partial charge in [-0.1, -0.05) is 6.07 Å². The highest BCUT2D eigenvalue weighted by Crippen LogP contribution is 2.06. The van der Waals surface area contributed by atoms with Crippen LogP contribution in [0.1, 0.15) is 11.5 Å². The van der Waals surface area contributed by atoms with Crippen molar-refractivity contribution < 1.29 is 9.15 Å². The van der Waals surface area contributed by atoms with Crippen LogP contribution in [0.4, 0.5) is 0 Å². The molecule has 0 amide bonds. The maximum absolute atomic E-state index is 11.2. The highest BCUT2D eigenvalue weighted by atomic mass is 16.5. The molecule has 90 valence electrons. The van der Waals surface area contributed by atoms with Gasteiger partial charge in [-0.15, -0.1) is 5.10 Å². The Labute approximate surface area is 97.9 Å². The van der Waals surface area contributed by atoms with E-state index in [-0.39, 0.29) is 0 Å². The van der Waals surface area contributed by atoms with E-state index in [1.807, 2.05) is 13.0 Å². The molecule has 0 aliphatic rings. The van der Waals surface area contributed by atoms with E-state index in [2.05, 4.69) is 10.1 Å². The first-order chi connectivity index (χ1) is 8.15. The van der Waals surface area contributed by atoms with E-state index in [0.29, 0.717) is 24.9 Å². The summed E-state index contributed by atoms with van der Waals surface area (Å²) in [4.78, 5) is 15.3. The van der Waals surface area contributed by atoms with Crippen molar-refractivity contribution in [1.82, 2.24) is 14.8 Å². The van der Waals surface area contributed by atoms with Gasteiger partial charge in [-0.25, -0.2) is 9.78 Å². The first-order valence-electron chi connectivity index (χ1n) is 5.25. The number of aryl methyl sites for hydroxylation is 2. The largest absolute Gasteiger partial charge is 0.476 e. The van der Waals surface area contributed by atoms with Gasteiger partial charge < -0.3 is 9.15 Å². The Balaban J connectivity index is 1.89. The van der Waals surface area contributed by atoms with Crippen LogP contribution < -0.4 is 10.5 Å². The fourth-order valence-electron chi connectivity index (χ4n) is 1.33. The van der Waals surface area contributed by atoms with E-state index in [0.717, 1.165) is 5.56 Å². The van der Waals surface area contributed by atoms with Crippen LogP contribution in [0.15, 0.2) is 27.5 Å². The third kappa shape index (κ3) is 2.93. The van der Waals surface area contributed by atoms with E-state index in [1.54, 1.807) is 19.2 Å². The molecule has 0 aliphatic carbocycles. The lowest BCUT2D eigenvalue weighted by Gasteiger charge is -2.04. The molecule has 0 radical (unpaired) electrons. The summed E-state index contributed by atoms with van der Waals surface area (Å²) >= 11 is 0. The van der Waals surface area contributed by atoms with Gasteiger partial charge in [-0.05, 0) is 12.5 Å². The lowest BCUT2D eigenvalue weighted by molar-refractivity contribution is 0.275. The molecule has 2 rings (SSSR count). The van der Waals surface area contributed by atoms with Gasteiger partial charge in [-0.3, -0.25) is 0 Å². The van der Waals surface area contributed by atoms with Gasteiger partial charge in [0.15, 0.2) is 0 Å². The molecule has 0 N–H and O–H groups in total. The number of rotatable bonds is 4. The first-order valence-corrected chi connectivity index (χ1v) is 5.25. The summed E-state index contributed by atoms with van der Waals surface area (Å²) in [5.74, 6) is 0.412. The van der Waals surface area contributed by atoms with E-state index < -0.39 is 5.76 Å². The molecule has 0 saturated carbocycles. The van der Waals surface area contributed by atoms with Gasteiger partial charge in [0, 0.05) is 19.2 Å². The normalized spacial score (nSPS) is 10.5. The molecular formula is C11H13N3O3. The fraction of sp³-hybridized carbons (Fsp3) is 0.364. The van der Waals surface area contributed by atoms with E-state index in [9.17, 15) is 4.79 Å². The standard InChI is InChI=1S/C11H13N3O3/c1-8-3-4-10(12-7-8)16-6-5-14-11(15)17-9(2)13-14/h3-4,7H,5-6H2,1-2H3. The van der Waals surface area contributed by atoms with Gasteiger partial charge in [0.25, 0.3) is 0 Å². The van der Waals surface area contributed by atoms with E-state index in [4.69, 9.17) is 9.15 Å². The van der Waals surface area contributed by atoms with Crippen LogP contribution >= 0.6 is 0 Å². The van der Waals surface area contributed by atoms with Crippen molar-refractivity contribution in [2.75, 3.05) is 6.61 Å². The summed E-state index contributed by atoms with van der Waals surface area (Å²) in [7, 11) is 0. The van der Waals surface area contributed by atoms with Crippen LogP contribution in [0, 0.1) is 13.8 Å². The minimum absolute atomic E-state index is 0.321. The van der Waals surface area contributed by atoms with Gasteiger partial charge >= 0.3 is 5.76 Å². The topological polar surface area (TPSA) is 70.2 Å². The molecule has 0 aromatic carbocycles. The van der Waals surface area contributed by atoms with Gasteiger partial charge in [0.05, 0.1) is 6.54 Å².